The van der Waals surface area contributed by atoms with E-state index in [1.54, 1.807) is 0 Å². The largest absolute Gasteiger partial charge is 0.327 e. The molecule has 1 heterocycles. The second-order valence-electron chi connectivity index (χ2n) is 2.97. The number of rotatable bonds is 4. The van der Waals surface area contributed by atoms with E-state index in [1.165, 1.54) is 0 Å². The minimum Gasteiger partial charge on any atom is -0.327 e. The number of aromatic nitrogens is 2. The van der Waals surface area contributed by atoms with Gasteiger partial charge in [-0.25, -0.2) is 0 Å². The molecule has 1 aromatic rings. The molecular weight excluding hydrogens is 170 g/mol. The lowest BCUT2D eigenvalue weighted by Gasteiger charge is -2.01. The lowest BCUT2D eigenvalue weighted by molar-refractivity contribution is 0.754. The molecule has 4 heteroatoms. The first kappa shape index (κ1) is 9.61. The summed E-state index contributed by atoms with van der Waals surface area (Å²) in [5.41, 5.74) is 6.74. The van der Waals surface area contributed by atoms with E-state index >= 15 is 0 Å². The third kappa shape index (κ3) is 3.28. The van der Waals surface area contributed by atoms with E-state index in [1.807, 2.05) is 42.7 Å². The zero-order chi connectivity index (χ0) is 8.97. The van der Waals surface area contributed by atoms with Crippen LogP contribution in [0.3, 0.4) is 0 Å². The first-order chi connectivity index (χ1) is 5.68. The summed E-state index contributed by atoms with van der Waals surface area (Å²) >= 11 is 1.83. The van der Waals surface area contributed by atoms with Crippen molar-refractivity contribution in [2.45, 2.75) is 18.7 Å². The van der Waals surface area contributed by atoms with E-state index < -0.39 is 0 Å². The highest BCUT2D eigenvalue weighted by Crippen LogP contribution is 2.09. The Balaban J connectivity index is 2.24. The molecule has 3 nitrogen and oxygen atoms in total. The van der Waals surface area contributed by atoms with Crippen LogP contribution in [0.25, 0.3) is 0 Å². The lowest BCUT2D eigenvalue weighted by Crippen LogP contribution is -2.17. The van der Waals surface area contributed by atoms with Crippen LogP contribution in [0.1, 0.15) is 12.6 Å². The van der Waals surface area contributed by atoms with Crippen LogP contribution in [0.15, 0.2) is 12.3 Å². The van der Waals surface area contributed by atoms with E-state index in [0.717, 1.165) is 17.2 Å². The molecule has 2 N–H and O–H groups in total. The van der Waals surface area contributed by atoms with Crippen molar-refractivity contribution in [1.29, 1.82) is 0 Å². The minimum atomic E-state index is 0.277. The van der Waals surface area contributed by atoms with Crippen LogP contribution in [0.4, 0.5) is 0 Å². The number of hydrogen-bond acceptors (Lipinski definition) is 3. The highest BCUT2D eigenvalue weighted by molar-refractivity contribution is 7.98. The molecular formula is C8H15N3S. The van der Waals surface area contributed by atoms with Gasteiger partial charge in [-0.05, 0) is 13.0 Å². The van der Waals surface area contributed by atoms with Crippen molar-refractivity contribution in [3.05, 3.63) is 18.0 Å². The van der Waals surface area contributed by atoms with Gasteiger partial charge in [0.25, 0.3) is 0 Å². The number of aryl methyl sites for hydroxylation is 1. The van der Waals surface area contributed by atoms with Gasteiger partial charge in [0.15, 0.2) is 0 Å². The molecule has 0 fully saturated rings. The zero-order valence-corrected chi connectivity index (χ0v) is 8.34. The van der Waals surface area contributed by atoms with Gasteiger partial charge in [-0.2, -0.15) is 16.9 Å². The van der Waals surface area contributed by atoms with E-state index in [2.05, 4.69) is 5.10 Å². The average molecular weight is 185 g/mol. The first-order valence-corrected chi connectivity index (χ1v) is 5.16. The Morgan fingerprint density at radius 2 is 2.50 bits per heavy atom. The number of thioether (sulfide) groups is 1. The van der Waals surface area contributed by atoms with Gasteiger partial charge < -0.3 is 5.73 Å². The Kier molecular flexibility index (Phi) is 3.62. The summed E-state index contributed by atoms with van der Waals surface area (Å²) < 4.78 is 1.82. The Bertz CT molecular complexity index is 232. The molecule has 1 unspecified atom stereocenters. The molecule has 0 radical (unpaired) electrons. The van der Waals surface area contributed by atoms with Crippen molar-refractivity contribution in [3.8, 4) is 0 Å². The van der Waals surface area contributed by atoms with Crippen molar-refractivity contribution >= 4 is 11.8 Å². The quantitative estimate of drug-likeness (QED) is 0.761. The topological polar surface area (TPSA) is 43.8 Å². The molecule has 0 aromatic carbocycles. The monoisotopic (exact) mass is 185 g/mol. The van der Waals surface area contributed by atoms with Gasteiger partial charge in [-0.15, -0.1) is 0 Å². The van der Waals surface area contributed by atoms with Crippen LogP contribution in [-0.2, 0) is 12.8 Å². The highest BCUT2D eigenvalue weighted by atomic mass is 32.2. The fraction of sp³-hybridized carbons (Fsp3) is 0.625. The van der Waals surface area contributed by atoms with Gasteiger partial charge in [-0.1, -0.05) is 0 Å². The molecule has 0 spiro atoms. The third-order valence-corrected chi connectivity index (χ3v) is 2.66. The maximum atomic E-state index is 5.62. The predicted molar refractivity (Wildman–Crippen MR) is 53.0 cm³/mol. The van der Waals surface area contributed by atoms with Crippen molar-refractivity contribution in [3.63, 3.8) is 0 Å². The Hall–Kier alpha value is -0.480. The zero-order valence-electron chi connectivity index (χ0n) is 7.53. The van der Waals surface area contributed by atoms with Gasteiger partial charge in [-0.3, -0.25) is 4.68 Å². The van der Waals surface area contributed by atoms with Crippen LogP contribution in [0.5, 0.6) is 0 Å². The fourth-order valence-electron chi connectivity index (χ4n) is 0.890. The molecule has 0 saturated heterocycles. The summed E-state index contributed by atoms with van der Waals surface area (Å²) in [7, 11) is 1.93. The highest BCUT2D eigenvalue weighted by Gasteiger charge is 1.98. The summed E-state index contributed by atoms with van der Waals surface area (Å²) in [5.74, 6) is 1.96. The lowest BCUT2D eigenvalue weighted by atomic mass is 10.4. The van der Waals surface area contributed by atoms with Gasteiger partial charge in [0.2, 0.25) is 0 Å². The van der Waals surface area contributed by atoms with Crippen LogP contribution in [0.2, 0.25) is 0 Å². The molecule has 1 rings (SSSR count). The van der Waals surface area contributed by atoms with Crippen LogP contribution >= 0.6 is 11.8 Å². The van der Waals surface area contributed by atoms with E-state index in [9.17, 15) is 0 Å². The summed E-state index contributed by atoms with van der Waals surface area (Å²) in [6.07, 6.45) is 1.96. The third-order valence-electron chi connectivity index (χ3n) is 1.40. The van der Waals surface area contributed by atoms with Crippen LogP contribution in [0, 0.1) is 0 Å². The normalized spacial score (nSPS) is 13.2. The summed E-state index contributed by atoms with van der Waals surface area (Å²) in [4.78, 5) is 0. The van der Waals surface area contributed by atoms with E-state index in [-0.39, 0.29) is 6.04 Å². The van der Waals surface area contributed by atoms with Crippen molar-refractivity contribution < 1.29 is 0 Å². The standard InChI is InChI=1S/C8H15N3S/c1-7(9)5-12-6-8-3-4-11(2)10-8/h3-4,7H,5-6,9H2,1-2H3. The first-order valence-electron chi connectivity index (χ1n) is 4.00. The molecule has 68 valence electrons. The Labute approximate surface area is 77.3 Å². The predicted octanol–water partition coefficient (Wildman–Crippen LogP) is 1.00. The van der Waals surface area contributed by atoms with Crippen LogP contribution in [-0.4, -0.2) is 21.6 Å². The molecule has 1 aromatic heterocycles. The van der Waals surface area contributed by atoms with Crippen molar-refractivity contribution in [2.24, 2.45) is 12.8 Å². The molecule has 1 atom stereocenters. The molecule has 0 bridgehead atoms. The van der Waals surface area contributed by atoms with E-state index in [0.29, 0.717) is 0 Å². The maximum Gasteiger partial charge on any atom is 0.0723 e. The van der Waals surface area contributed by atoms with Gasteiger partial charge in [0.05, 0.1) is 5.69 Å². The molecule has 0 aliphatic carbocycles. The van der Waals surface area contributed by atoms with E-state index in [4.69, 9.17) is 5.73 Å². The minimum absolute atomic E-state index is 0.277. The molecule has 12 heavy (non-hydrogen) atoms. The SMILES string of the molecule is CC(N)CSCc1ccn(C)n1. The second-order valence-corrected chi connectivity index (χ2v) is 4.00. The molecule has 0 saturated carbocycles. The number of nitrogens with two attached hydrogens (primary N) is 1. The average Bonchev–Trinajstić information content (AvgIpc) is 2.35. The van der Waals surface area contributed by atoms with Crippen molar-refractivity contribution in [2.75, 3.05) is 5.75 Å². The summed E-state index contributed by atoms with van der Waals surface area (Å²) in [5, 5.41) is 4.26. The van der Waals surface area contributed by atoms with Gasteiger partial charge in [0, 0.05) is 30.8 Å². The summed E-state index contributed by atoms with van der Waals surface area (Å²) in [6, 6.07) is 2.31. The Morgan fingerprint density at radius 3 is 3.00 bits per heavy atom. The fourth-order valence-corrected chi connectivity index (χ4v) is 1.74. The maximum absolute atomic E-state index is 5.62. The van der Waals surface area contributed by atoms with Crippen molar-refractivity contribution in [1.82, 2.24) is 9.78 Å². The smallest absolute Gasteiger partial charge is 0.0723 e. The molecule has 0 aliphatic heterocycles. The van der Waals surface area contributed by atoms with Crippen LogP contribution < -0.4 is 5.73 Å². The summed E-state index contributed by atoms with van der Waals surface area (Å²) in [6.45, 7) is 2.02. The number of hydrogen-bond donors (Lipinski definition) is 1. The Morgan fingerprint density at radius 1 is 1.75 bits per heavy atom. The van der Waals surface area contributed by atoms with Gasteiger partial charge >= 0.3 is 0 Å². The second kappa shape index (κ2) is 4.52. The molecule has 0 amide bonds. The van der Waals surface area contributed by atoms with Gasteiger partial charge in [0.1, 0.15) is 0 Å². The number of nitrogens with zero attached hydrogens (tertiary/aromatic N) is 2. The molecule has 0 aliphatic rings.